The fraction of sp³-hybridized carbons (Fsp3) is 0.711. The van der Waals surface area contributed by atoms with E-state index in [4.69, 9.17) is 19.3 Å². The van der Waals surface area contributed by atoms with E-state index in [2.05, 4.69) is 67.0 Å². The maximum atomic E-state index is 12.5. The number of unbranched alkanes of at least 4 members (excludes halogenated alkanes) is 11. The van der Waals surface area contributed by atoms with Crippen LogP contribution in [0.3, 0.4) is 0 Å². The van der Waals surface area contributed by atoms with E-state index in [0.717, 1.165) is 77.0 Å². The molecule has 1 aliphatic carbocycles. The highest BCUT2D eigenvalue weighted by Crippen LogP contribution is 2.36. The summed E-state index contributed by atoms with van der Waals surface area (Å²) in [7, 11) is -4.83. The summed E-state index contributed by atoms with van der Waals surface area (Å²) < 4.78 is 26.4. The van der Waals surface area contributed by atoms with Gasteiger partial charge in [0.1, 0.15) is 12.4 Å². The zero-order valence-electron chi connectivity index (χ0n) is 34.9. The number of carbonyl (C=O) groups is 3. The Balaban J connectivity index is 2.27. The van der Waals surface area contributed by atoms with Crippen LogP contribution < -0.4 is 0 Å². The molecular weight excluding hydrogens is 747 g/mol. The Morgan fingerprint density at radius 1 is 0.737 bits per heavy atom. The van der Waals surface area contributed by atoms with Crippen LogP contribution in [-0.2, 0) is 32.9 Å². The lowest BCUT2D eigenvalue weighted by Crippen LogP contribution is -2.29. The summed E-state index contributed by atoms with van der Waals surface area (Å²) in [5.41, 5.74) is 0. The van der Waals surface area contributed by atoms with Crippen LogP contribution in [0, 0.1) is 11.8 Å². The van der Waals surface area contributed by atoms with Crippen LogP contribution >= 0.6 is 7.82 Å². The van der Waals surface area contributed by atoms with Gasteiger partial charge in [0.2, 0.25) is 0 Å². The van der Waals surface area contributed by atoms with Gasteiger partial charge in [0.15, 0.2) is 6.10 Å². The molecule has 1 rings (SSSR count). The van der Waals surface area contributed by atoms with Crippen LogP contribution in [-0.4, -0.2) is 69.2 Å². The molecule has 0 heterocycles. The molecule has 0 aromatic heterocycles. The largest absolute Gasteiger partial charge is 0.469 e. The first-order chi connectivity index (χ1) is 27.5. The van der Waals surface area contributed by atoms with Crippen molar-refractivity contribution in [2.75, 3.05) is 13.2 Å². The van der Waals surface area contributed by atoms with Crippen LogP contribution in [0.1, 0.15) is 162 Å². The summed E-state index contributed by atoms with van der Waals surface area (Å²) in [6.45, 7) is 3.32. The molecule has 0 aromatic rings. The van der Waals surface area contributed by atoms with Gasteiger partial charge in [0.25, 0.3) is 0 Å². The molecule has 0 unspecified atom stereocenters. The van der Waals surface area contributed by atoms with Crippen molar-refractivity contribution in [1.29, 1.82) is 0 Å². The van der Waals surface area contributed by atoms with Crippen molar-refractivity contribution >= 4 is 25.5 Å². The average Bonchev–Trinajstić information content (AvgIpc) is 3.44. The van der Waals surface area contributed by atoms with Crippen LogP contribution in [0.5, 0.6) is 0 Å². The van der Waals surface area contributed by atoms with Gasteiger partial charge in [0, 0.05) is 25.2 Å². The molecule has 326 valence electrons. The van der Waals surface area contributed by atoms with Crippen molar-refractivity contribution < 1.29 is 52.9 Å². The lowest BCUT2D eigenvalue weighted by molar-refractivity contribution is -0.161. The normalized spacial score (nSPS) is 18.9. The standard InChI is InChI=1S/C45H75O11P/c1-3-5-7-8-9-10-11-12-13-14-15-16-17-18-19-20-21-22-28-32-45(50)56-39(37-55-57(51,52)53)36-54-44(49)31-27-24-23-26-30-40-41(43(48)35-42(40)47)34-33-38(46)29-25-6-4-2/h9-10,12-13,15-16,18-19,33-34,38-42,46-47H,3-8,11,14,17,20-32,35-37H2,1-2H3,(H2,51,52,53)/b10-9-,13-12-,16-15-,19-18-,34-33+/t38-,39+,40+,41+,42-/m0/s1. The molecular formula is C45H75O11P. The Kier molecular flexibility index (Phi) is 31.4. The second kappa shape index (κ2) is 34.2. The van der Waals surface area contributed by atoms with E-state index in [1.54, 1.807) is 12.2 Å². The molecule has 0 aromatic carbocycles. The van der Waals surface area contributed by atoms with E-state index in [-0.39, 0.29) is 37.6 Å². The van der Waals surface area contributed by atoms with E-state index >= 15 is 0 Å². The number of Topliss-reactive ketones (excluding diaryl/α,β-unsaturated/α-hetero) is 1. The molecule has 11 nitrogen and oxygen atoms in total. The fourth-order valence-corrected chi connectivity index (χ4v) is 6.97. The Labute approximate surface area is 343 Å². The van der Waals surface area contributed by atoms with Gasteiger partial charge < -0.3 is 29.5 Å². The molecule has 57 heavy (non-hydrogen) atoms. The molecule has 1 aliphatic rings. The minimum absolute atomic E-state index is 0.00330. The molecule has 0 bridgehead atoms. The molecule has 5 atom stereocenters. The van der Waals surface area contributed by atoms with Gasteiger partial charge in [-0.15, -0.1) is 0 Å². The number of carbonyl (C=O) groups excluding carboxylic acids is 3. The number of aliphatic hydroxyl groups excluding tert-OH is 2. The molecule has 0 amide bonds. The molecule has 1 saturated carbocycles. The average molecular weight is 823 g/mol. The van der Waals surface area contributed by atoms with Gasteiger partial charge in [0.05, 0.1) is 18.8 Å². The lowest BCUT2D eigenvalue weighted by Gasteiger charge is -2.19. The monoisotopic (exact) mass is 823 g/mol. The third-order valence-corrected chi connectivity index (χ3v) is 10.4. The Hall–Kier alpha value is -2.66. The third kappa shape index (κ3) is 30.1. The third-order valence-electron chi connectivity index (χ3n) is 9.92. The number of ether oxygens (including phenoxy) is 2. The van der Waals surface area contributed by atoms with Crippen molar-refractivity contribution in [2.45, 2.75) is 180 Å². The van der Waals surface area contributed by atoms with Gasteiger partial charge in [-0.05, 0) is 76.5 Å². The zero-order valence-corrected chi connectivity index (χ0v) is 35.8. The number of allylic oxidation sites excluding steroid dienone is 9. The van der Waals surface area contributed by atoms with E-state index in [1.807, 2.05) is 0 Å². The maximum absolute atomic E-state index is 12.5. The highest BCUT2D eigenvalue weighted by Gasteiger charge is 2.39. The Morgan fingerprint density at radius 3 is 1.89 bits per heavy atom. The number of ketones is 1. The number of hydrogen-bond acceptors (Lipinski definition) is 9. The predicted octanol–water partition coefficient (Wildman–Crippen LogP) is 9.88. The van der Waals surface area contributed by atoms with Crippen LogP contribution in [0.25, 0.3) is 0 Å². The summed E-state index contributed by atoms with van der Waals surface area (Å²) in [6.07, 6.45) is 37.0. The smallest absolute Gasteiger partial charge is 0.462 e. The SMILES string of the molecule is CCCCC/C=C\C/C=C\C/C=C\C/C=C\CCCCCC(=O)O[C@H](COC(=O)CCCCCC[C@H]1[C@@H](O)CC(=O)[C@@H]1/C=C/[C@@H](O)CCCCC)COP(=O)(O)O. The number of rotatable bonds is 35. The molecule has 1 fully saturated rings. The van der Waals surface area contributed by atoms with Gasteiger partial charge in [-0.3, -0.25) is 18.9 Å². The second-order valence-corrected chi connectivity index (χ2v) is 16.3. The molecule has 0 aliphatic heterocycles. The van der Waals surface area contributed by atoms with E-state index in [9.17, 15) is 29.2 Å². The molecule has 4 N–H and O–H groups in total. The van der Waals surface area contributed by atoms with E-state index in [0.29, 0.717) is 25.7 Å². The quantitative estimate of drug-likeness (QED) is 0.0207. The highest BCUT2D eigenvalue weighted by molar-refractivity contribution is 7.46. The predicted molar refractivity (Wildman–Crippen MR) is 226 cm³/mol. The lowest BCUT2D eigenvalue weighted by atomic mass is 9.88. The summed E-state index contributed by atoms with van der Waals surface area (Å²) >= 11 is 0. The summed E-state index contributed by atoms with van der Waals surface area (Å²) in [4.78, 5) is 55.6. The first-order valence-corrected chi connectivity index (χ1v) is 23.2. The second-order valence-electron chi connectivity index (χ2n) is 15.1. The van der Waals surface area contributed by atoms with Crippen LogP contribution in [0.4, 0.5) is 0 Å². The van der Waals surface area contributed by atoms with Gasteiger partial charge in [-0.25, -0.2) is 4.57 Å². The molecule has 0 radical (unpaired) electrons. The van der Waals surface area contributed by atoms with Gasteiger partial charge >= 0.3 is 19.8 Å². The summed E-state index contributed by atoms with van der Waals surface area (Å²) in [5, 5.41) is 20.7. The van der Waals surface area contributed by atoms with Crippen molar-refractivity contribution in [3.8, 4) is 0 Å². The minimum atomic E-state index is -4.83. The maximum Gasteiger partial charge on any atom is 0.469 e. The van der Waals surface area contributed by atoms with Crippen molar-refractivity contribution in [3.05, 3.63) is 60.8 Å². The van der Waals surface area contributed by atoms with Crippen LogP contribution in [0.2, 0.25) is 0 Å². The summed E-state index contributed by atoms with van der Waals surface area (Å²) in [5.74, 6) is -1.67. The molecule has 0 saturated heterocycles. The van der Waals surface area contributed by atoms with E-state index < -0.39 is 50.6 Å². The fourth-order valence-electron chi connectivity index (χ4n) is 6.61. The molecule has 0 spiro atoms. The van der Waals surface area contributed by atoms with E-state index in [1.165, 1.54) is 25.7 Å². The number of phosphoric acid groups is 1. The van der Waals surface area contributed by atoms with Crippen LogP contribution in [0.15, 0.2) is 60.8 Å². The first kappa shape index (κ1) is 52.4. The number of esters is 2. The van der Waals surface area contributed by atoms with Gasteiger partial charge in [-0.1, -0.05) is 132 Å². The Morgan fingerprint density at radius 2 is 1.28 bits per heavy atom. The minimum Gasteiger partial charge on any atom is -0.462 e. The topological polar surface area (TPSA) is 177 Å². The number of phosphoric ester groups is 1. The van der Waals surface area contributed by atoms with Gasteiger partial charge in [-0.2, -0.15) is 0 Å². The van der Waals surface area contributed by atoms with Crippen molar-refractivity contribution in [1.82, 2.24) is 0 Å². The molecule has 12 heteroatoms. The highest BCUT2D eigenvalue weighted by atomic mass is 31.2. The zero-order chi connectivity index (χ0) is 42.0. The van der Waals surface area contributed by atoms with Crippen molar-refractivity contribution in [3.63, 3.8) is 0 Å². The van der Waals surface area contributed by atoms with Crippen molar-refractivity contribution in [2.24, 2.45) is 11.8 Å². The first-order valence-electron chi connectivity index (χ1n) is 21.7. The summed E-state index contributed by atoms with van der Waals surface area (Å²) in [6, 6.07) is 0. The Bertz CT molecular complexity index is 1270. The number of aliphatic hydroxyl groups is 2. The number of hydrogen-bond donors (Lipinski definition) is 4.